The lowest BCUT2D eigenvalue weighted by molar-refractivity contribution is 0.0128. The van der Waals surface area contributed by atoms with Crippen molar-refractivity contribution in [3.8, 4) is 17.0 Å². The number of aromatic hydroxyl groups is 1. The van der Waals surface area contributed by atoms with Crippen molar-refractivity contribution in [2.24, 2.45) is 5.92 Å². The van der Waals surface area contributed by atoms with Gasteiger partial charge in [-0.15, -0.1) is 0 Å². The molecule has 0 unspecified atom stereocenters. The number of halogens is 2. The van der Waals surface area contributed by atoms with E-state index in [-0.39, 0.29) is 33.7 Å². The van der Waals surface area contributed by atoms with E-state index in [9.17, 15) is 14.7 Å². The zero-order chi connectivity index (χ0) is 30.9. The lowest BCUT2D eigenvalue weighted by atomic mass is 9.85. The molecule has 0 radical (unpaired) electrons. The number of nitrogens with one attached hydrogen (secondary N) is 1. The molecule has 1 aliphatic carbocycles. The number of amides is 1. The number of pyridine rings is 2. The van der Waals surface area contributed by atoms with Gasteiger partial charge in [0.1, 0.15) is 11.1 Å². The molecule has 43 heavy (non-hydrogen) atoms. The van der Waals surface area contributed by atoms with E-state index in [1.165, 1.54) is 6.92 Å². The molecule has 3 heterocycles. The minimum Gasteiger partial charge on any atom is -0.505 e. The van der Waals surface area contributed by atoms with Crippen LogP contribution in [-0.2, 0) is 4.74 Å². The topological polar surface area (TPSA) is 108 Å². The normalized spacial score (nSPS) is 19.8. The van der Waals surface area contributed by atoms with Gasteiger partial charge in [0.25, 0.3) is 0 Å². The van der Waals surface area contributed by atoms with Gasteiger partial charge in [-0.25, -0.2) is 9.78 Å². The van der Waals surface area contributed by atoms with Gasteiger partial charge in [0.05, 0.1) is 32.5 Å². The molecule has 1 aromatic carbocycles. The van der Waals surface area contributed by atoms with E-state index >= 15 is 0 Å². The van der Waals surface area contributed by atoms with Crippen LogP contribution in [0.1, 0.15) is 63.7 Å². The third-order valence-corrected chi connectivity index (χ3v) is 8.72. The molecule has 0 bridgehead atoms. The number of benzene rings is 1. The first-order chi connectivity index (χ1) is 20.4. The van der Waals surface area contributed by atoms with Crippen LogP contribution in [-0.4, -0.2) is 81.1 Å². The van der Waals surface area contributed by atoms with Crippen molar-refractivity contribution in [1.29, 1.82) is 0 Å². The van der Waals surface area contributed by atoms with E-state index < -0.39 is 5.60 Å². The smallest absolute Gasteiger partial charge is 0.410 e. The Balaban J connectivity index is 1.24. The molecule has 1 saturated carbocycles. The van der Waals surface area contributed by atoms with Gasteiger partial charge >= 0.3 is 6.09 Å². The SMILES string of the molecule is CC(=O)c1cnc2ccc(-c3cc(Cl)c(O)c(Cl)c3)nc2c1NC1CCC(CN2CCN(C(=O)OC(C)(C)C)CC2)CC1. The van der Waals surface area contributed by atoms with Gasteiger partial charge in [-0.1, -0.05) is 23.2 Å². The number of anilines is 1. The van der Waals surface area contributed by atoms with Gasteiger partial charge in [0.15, 0.2) is 11.5 Å². The van der Waals surface area contributed by atoms with Crippen LogP contribution in [0.15, 0.2) is 30.5 Å². The van der Waals surface area contributed by atoms with Gasteiger partial charge < -0.3 is 20.1 Å². The van der Waals surface area contributed by atoms with Crippen molar-refractivity contribution >= 4 is 51.8 Å². The number of fused-ring (bicyclic) bond motifs is 1. The summed E-state index contributed by atoms with van der Waals surface area (Å²) < 4.78 is 5.53. The Morgan fingerprint density at radius 3 is 2.30 bits per heavy atom. The quantitative estimate of drug-likeness (QED) is 0.280. The largest absolute Gasteiger partial charge is 0.505 e. The number of ketones is 1. The van der Waals surface area contributed by atoms with Gasteiger partial charge in [-0.3, -0.25) is 14.7 Å². The fourth-order valence-electron chi connectivity index (χ4n) is 5.85. The Hall–Kier alpha value is -3.14. The molecule has 1 amide bonds. The van der Waals surface area contributed by atoms with E-state index in [2.05, 4.69) is 15.2 Å². The molecule has 0 atom stereocenters. The molecule has 2 N–H and O–H groups in total. The van der Waals surface area contributed by atoms with Crippen LogP contribution in [0.4, 0.5) is 10.5 Å². The molecule has 9 nitrogen and oxygen atoms in total. The molecular formula is C32H39Cl2N5O4. The number of phenolic OH excluding ortho intramolecular Hbond substituents is 1. The standard InChI is InChI=1S/C32H39Cl2N5O4/c1-19(40)23-17-35-27-10-9-26(21-15-24(33)30(41)25(34)16-21)37-29(27)28(23)36-22-7-5-20(6-8-22)18-38-11-13-39(14-12-38)31(42)43-32(2,3)4/h9-10,15-17,20,22,41H,5-8,11-14,18H2,1-4H3,(H,35,36). The number of piperazine rings is 1. The summed E-state index contributed by atoms with van der Waals surface area (Å²) in [6.07, 6.45) is 5.49. The number of carbonyl (C=O) groups excluding carboxylic acids is 2. The number of hydrogen-bond donors (Lipinski definition) is 2. The molecule has 2 aliphatic rings. The zero-order valence-corrected chi connectivity index (χ0v) is 26.6. The van der Waals surface area contributed by atoms with Crippen molar-refractivity contribution in [3.05, 3.63) is 46.1 Å². The van der Waals surface area contributed by atoms with Crippen LogP contribution in [0.25, 0.3) is 22.3 Å². The van der Waals surface area contributed by atoms with E-state index in [0.717, 1.165) is 45.3 Å². The Morgan fingerprint density at radius 1 is 1.05 bits per heavy atom. The fraction of sp³-hybridized carbons (Fsp3) is 0.500. The molecule has 2 aromatic heterocycles. The van der Waals surface area contributed by atoms with Crippen LogP contribution in [0.5, 0.6) is 5.75 Å². The highest BCUT2D eigenvalue weighted by Gasteiger charge is 2.29. The van der Waals surface area contributed by atoms with Gasteiger partial charge in [0.2, 0.25) is 0 Å². The van der Waals surface area contributed by atoms with Crippen molar-refractivity contribution in [1.82, 2.24) is 19.8 Å². The minimum atomic E-state index is -0.484. The second-order valence-corrected chi connectivity index (χ2v) is 13.4. The Kier molecular flexibility index (Phi) is 9.34. The average Bonchev–Trinajstić information content (AvgIpc) is 2.96. The Labute approximate surface area is 262 Å². The van der Waals surface area contributed by atoms with Crippen LogP contribution < -0.4 is 5.32 Å². The molecule has 2 fully saturated rings. The number of hydrogen-bond acceptors (Lipinski definition) is 8. The van der Waals surface area contributed by atoms with E-state index in [4.69, 9.17) is 32.9 Å². The summed E-state index contributed by atoms with van der Waals surface area (Å²) in [5, 5.41) is 13.9. The Morgan fingerprint density at radius 2 is 1.70 bits per heavy atom. The molecule has 3 aromatic rings. The first-order valence-electron chi connectivity index (χ1n) is 14.8. The Bertz CT molecular complexity index is 1490. The number of phenols is 1. The summed E-state index contributed by atoms with van der Waals surface area (Å²) in [5.74, 6) is 0.328. The summed E-state index contributed by atoms with van der Waals surface area (Å²) in [6, 6.07) is 7.12. The van der Waals surface area contributed by atoms with E-state index in [1.54, 1.807) is 23.2 Å². The van der Waals surface area contributed by atoms with Crippen LogP contribution >= 0.6 is 23.2 Å². The number of ether oxygens (including phenoxy) is 1. The predicted molar refractivity (Wildman–Crippen MR) is 170 cm³/mol. The highest BCUT2D eigenvalue weighted by molar-refractivity contribution is 6.37. The second-order valence-electron chi connectivity index (χ2n) is 12.6. The number of Topliss-reactive ketones (excluding diaryl/α,β-unsaturated/α-hetero) is 1. The minimum absolute atomic E-state index is 0.0842. The third kappa shape index (κ3) is 7.51. The monoisotopic (exact) mass is 627 g/mol. The maximum Gasteiger partial charge on any atom is 0.410 e. The lowest BCUT2D eigenvalue weighted by Crippen LogP contribution is -2.51. The molecule has 1 aliphatic heterocycles. The third-order valence-electron chi connectivity index (χ3n) is 8.14. The molecule has 230 valence electrons. The molecule has 0 spiro atoms. The molecule has 1 saturated heterocycles. The number of carbonyl (C=O) groups is 2. The highest BCUT2D eigenvalue weighted by Crippen LogP contribution is 2.37. The van der Waals surface area contributed by atoms with Crippen molar-refractivity contribution < 1.29 is 19.4 Å². The van der Waals surface area contributed by atoms with E-state index in [1.807, 2.05) is 32.9 Å². The van der Waals surface area contributed by atoms with Crippen LogP contribution in [0.2, 0.25) is 10.0 Å². The second kappa shape index (κ2) is 12.8. The van der Waals surface area contributed by atoms with Crippen LogP contribution in [0, 0.1) is 5.92 Å². The first-order valence-corrected chi connectivity index (χ1v) is 15.6. The van der Waals surface area contributed by atoms with Crippen molar-refractivity contribution in [3.63, 3.8) is 0 Å². The van der Waals surface area contributed by atoms with Gasteiger partial charge in [-0.05, 0) is 83.6 Å². The molecule has 11 heteroatoms. The van der Waals surface area contributed by atoms with Crippen LogP contribution in [0.3, 0.4) is 0 Å². The predicted octanol–water partition coefficient (Wildman–Crippen LogP) is 7.04. The summed E-state index contributed by atoms with van der Waals surface area (Å²) in [6.45, 7) is 11.3. The average molecular weight is 629 g/mol. The summed E-state index contributed by atoms with van der Waals surface area (Å²) in [5.41, 5.74) is 3.25. The lowest BCUT2D eigenvalue weighted by Gasteiger charge is -2.38. The maximum atomic E-state index is 12.6. The number of rotatable bonds is 6. The van der Waals surface area contributed by atoms with Gasteiger partial charge in [0, 0.05) is 50.5 Å². The summed E-state index contributed by atoms with van der Waals surface area (Å²) in [7, 11) is 0. The van der Waals surface area contributed by atoms with Crippen molar-refractivity contribution in [2.75, 3.05) is 38.0 Å². The zero-order valence-electron chi connectivity index (χ0n) is 25.1. The molecule has 5 rings (SSSR count). The maximum absolute atomic E-state index is 12.6. The van der Waals surface area contributed by atoms with Crippen molar-refractivity contribution in [2.45, 2.75) is 65.0 Å². The fourth-order valence-corrected chi connectivity index (χ4v) is 6.34. The first kappa shape index (κ1) is 31.3. The summed E-state index contributed by atoms with van der Waals surface area (Å²) >= 11 is 12.3. The van der Waals surface area contributed by atoms with Gasteiger partial charge in [-0.2, -0.15) is 0 Å². The number of nitrogens with zero attached hydrogens (tertiary/aromatic N) is 4. The molecular weight excluding hydrogens is 589 g/mol. The summed E-state index contributed by atoms with van der Waals surface area (Å²) in [4.78, 5) is 38.7. The van der Waals surface area contributed by atoms with E-state index in [0.29, 0.717) is 52.5 Å². The highest BCUT2D eigenvalue weighted by atomic mass is 35.5. The number of aromatic nitrogens is 2.